The van der Waals surface area contributed by atoms with Crippen molar-refractivity contribution in [1.82, 2.24) is 24.7 Å². The summed E-state index contributed by atoms with van der Waals surface area (Å²) >= 11 is 0. The van der Waals surface area contributed by atoms with Gasteiger partial charge in [-0.3, -0.25) is 0 Å². The molecule has 0 atom stereocenters. The predicted octanol–water partition coefficient (Wildman–Crippen LogP) is 0.548. The topological polar surface area (TPSA) is 88.8 Å². The van der Waals surface area contributed by atoms with Crippen LogP contribution in [0, 0.1) is 0 Å². The second-order valence-corrected chi connectivity index (χ2v) is 4.12. The van der Waals surface area contributed by atoms with Crippen LogP contribution < -0.4 is 5.32 Å². The van der Waals surface area contributed by atoms with Crippen molar-refractivity contribution in [2.45, 2.75) is 26.4 Å². The van der Waals surface area contributed by atoms with E-state index in [1.54, 1.807) is 17.1 Å². The highest BCUT2D eigenvalue weighted by molar-refractivity contribution is 5.52. The molecule has 0 aliphatic rings. The molecule has 0 spiro atoms. The van der Waals surface area contributed by atoms with Gasteiger partial charge in [-0.25, -0.2) is 19.6 Å². The first kappa shape index (κ1) is 12.4. The van der Waals surface area contributed by atoms with Crippen LogP contribution in [0.4, 0.5) is 5.95 Å². The van der Waals surface area contributed by atoms with Crippen LogP contribution in [-0.2, 0) is 6.54 Å². The molecule has 0 aromatic carbocycles. The third-order valence-electron chi connectivity index (χ3n) is 2.26. The number of nitrogens with one attached hydrogen (secondary N) is 1. The zero-order chi connectivity index (χ0) is 13.0. The lowest BCUT2D eigenvalue weighted by molar-refractivity contribution is 0.270. The molecular weight excluding hydrogens is 232 g/mol. The van der Waals surface area contributed by atoms with Crippen molar-refractivity contribution in [3.05, 3.63) is 18.7 Å². The first-order valence-electron chi connectivity index (χ1n) is 5.78. The first-order valence-corrected chi connectivity index (χ1v) is 5.78. The summed E-state index contributed by atoms with van der Waals surface area (Å²) in [6.45, 7) is 4.47. The number of hydrogen-bond donors (Lipinski definition) is 2. The monoisotopic (exact) mass is 248 g/mol. The van der Waals surface area contributed by atoms with Gasteiger partial charge in [-0.1, -0.05) is 0 Å². The molecule has 2 N–H and O–H groups in total. The van der Waals surface area contributed by atoms with Crippen LogP contribution in [0.25, 0.3) is 11.4 Å². The van der Waals surface area contributed by atoms with Crippen molar-refractivity contribution in [2.75, 3.05) is 11.9 Å². The minimum Gasteiger partial charge on any atom is -0.394 e. The quantitative estimate of drug-likeness (QED) is 0.803. The molecule has 0 bridgehead atoms. The molecule has 2 aromatic rings. The highest BCUT2D eigenvalue weighted by Gasteiger charge is 2.08. The van der Waals surface area contributed by atoms with Crippen molar-refractivity contribution in [3.8, 4) is 11.4 Å². The van der Waals surface area contributed by atoms with Gasteiger partial charge in [-0.15, -0.1) is 0 Å². The Morgan fingerprint density at radius 1 is 1.28 bits per heavy atom. The fraction of sp³-hybridized carbons (Fsp3) is 0.455. The van der Waals surface area contributed by atoms with Gasteiger partial charge in [0, 0.05) is 18.4 Å². The van der Waals surface area contributed by atoms with Gasteiger partial charge < -0.3 is 10.4 Å². The first-order chi connectivity index (χ1) is 8.70. The Morgan fingerprint density at radius 2 is 2.00 bits per heavy atom. The number of aliphatic hydroxyl groups is 1. The molecule has 0 fully saturated rings. The van der Waals surface area contributed by atoms with Gasteiger partial charge in [0.25, 0.3) is 0 Å². The number of nitrogens with zero attached hydrogens (tertiary/aromatic N) is 5. The number of aliphatic hydroxyl groups excluding tert-OH is 1. The maximum Gasteiger partial charge on any atom is 0.222 e. The van der Waals surface area contributed by atoms with Crippen LogP contribution >= 0.6 is 0 Å². The molecule has 2 rings (SSSR count). The molecule has 0 radical (unpaired) electrons. The zero-order valence-corrected chi connectivity index (χ0v) is 10.4. The number of rotatable bonds is 5. The summed E-state index contributed by atoms with van der Waals surface area (Å²) < 4.78 is 1.62. The van der Waals surface area contributed by atoms with E-state index in [4.69, 9.17) is 5.11 Å². The van der Waals surface area contributed by atoms with Crippen molar-refractivity contribution in [3.63, 3.8) is 0 Å². The Morgan fingerprint density at radius 3 is 2.61 bits per heavy atom. The molecule has 0 aliphatic heterocycles. The Kier molecular flexibility index (Phi) is 3.83. The summed E-state index contributed by atoms with van der Waals surface area (Å²) in [7, 11) is 0. The maximum atomic E-state index is 8.92. The predicted molar refractivity (Wildman–Crippen MR) is 66.9 cm³/mol. The van der Waals surface area contributed by atoms with E-state index in [9.17, 15) is 0 Å². The summed E-state index contributed by atoms with van der Waals surface area (Å²) in [5, 5.41) is 16.1. The standard InChI is InChI=1S/C11H16N6O/c1-8(2)16-11-12-5-9(6-13-11)10-14-7-15-17(10)3-4-18/h5-8,18H,3-4H2,1-2H3,(H,12,13,16). The Bertz CT molecular complexity index is 492. The summed E-state index contributed by atoms with van der Waals surface area (Å²) in [5.74, 6) is 1.24. The lowest BCUT2D eigenvalue weighted by Gasteiger charge is -2.08. The van der Waals surface area contributed by atoms with Crippen molar-refractivity contribution >= 4 is 5.95 Å². The van der Waals surface area contributed by atoms with Gasteiger partial charge in [0.15, 0.2) is 5.82 Å². The molecule has 0 saturated heterocycles. The fourth-order valence-electron chi connectivity index (χ4n) is 1.52. The third kappa shape index (κ3) is 2.80. The number of aromatic nitrogens is 5. The second kappa shape index (κ2) is 5.54. The van der Waals surface area contributed by atoms with Crippen molar-refractivity contribution in [1.29, 1.82) is 0 Å². The van der Waals surface area contributed by atoms with E-state index in [2.05, 4.69) is 25.4 Å². The summed E-state index contributed by atoms with van der Waals surface area (Å²) in [5.41, 5.74) is 0.773. The van der Waals surface area contributed by atoms with Gasteiger partial charge >= 0.3 is 0 Å². The van der Waals surface area contributed by atoms with Crippen LogP contribution in [0.5, 0.6) is 0 Å². The smallest absolute Gasteiger partial charge is 0.222 e. The SMILES string of the molecule is CC(C)Nc1ncc(-c2ncnn2CCO)cn1. The summed E-state index contributed by atoms with van der Waals surface area (Å²) in [6, 6.07) is 0.286. The van der Waals surface area contributed by atoms with Gasteiger partial charge in [0.1, 0.15) is 6.33 Å². The van der Waals surface area contributed by atoms with E-state index in [1.165, 1.54) is 6.33 Å². The van der Waals surface area contributed by atoms with Crippen LogP contribution in [0.1, 0.15) is 13.8 Å². The molecule has 2 heterocycles. The molecule has 7 nitrogen and oxygen atoms in total. The van der Waals surface area contributed by atoms with Gasteiger partial charge in [-0.2, -0.15) is 5.10 Å². The highest BCUT2D eigenvalue weighted by Crippen LogP contribution is 2.14. The third-order valence-corrected chi connectivity index (χ3v) is 2.26. The van der Waals surface area contributed by atoms with Crippen LogP contribution in [0.2, 0.25) is 0 Å². The lowest BCUT2D eigenvalue weighted by atomic mass is 10.3. The molecule has 7 heteroatoms. The zero-order valence-electron chi connectivity index (χ0n) is 10.4. The Balaban J connectivity index is 2.20. The fourth-order valence-corrected chi connectivity index (χ4v) is 1.52. The Hall–Kier alpha value is -2.02. The molecule has 96 valence electrons. The molecule has 0 amide bonds. The second-order valence-electron chi connectivity index (χ2n) is 4.12. The normalized spacial score (nSPS) is 10.9. The van der Waals surface area contributed by atoms with E-state index in [0.29, 0.717) is 18.3 Å². The van der Waals surface area contributed by atoms with Crippen molar-refractivity contribution in [2.24, 2.45) is 0 Å². The molecule has 0 unspecified atom stereocenters. The largest absolute Gasteiger partial charge is 0.394 e. The van der Waals surface area contributed by atoms with Gasteiger partial charge in [0.05, 0.1) is 18.7 Å². The molecule has 18 heavy (non-hydrogen) atoms. The van der Waals surface area contributed by atoms with Gasteiger partial charge in [-0.05, 0) is 13.8 Å². The van der Waals surface area contributed by atoms with Gasteiger partial charge in [0.2, 0.25) is 5.95 Å². The van der Waals surface area contributed by atoms with E-state index in [-0.39, 0.29) is 12.6 Å². The van der Waals surface area contributed by atoms with Crippen LogP contribution in [-0.4, -0.2) is 42.5 Å². The van der Waals surface area contributed by atoms with E-state index in [0.717, 1.165) is 5.56 Å². The van der Waals surface area contributed by atoms with Crippen LogP contribution in [0.3, 0.4) is 0 Å². The average molecular weight is 248 g/mol. The van der Waals surface area contributed by atoms with E-state index < -0.39 is 0 Å². The van der Waals surface area contributed by atoms with E-state index in [1.807, 2.05) is 13.8 Å². The van der Waals surface area contributed by atoms with Crippen LogP contribution in [0.15, 0.2) is 18.7 Å². The van der Waals surface area contributed by atoms with Crippen molar-refractivity contribution < 1.29 is 5.11 Å². The number of hydrogen-bond acceptors (Lipinski definition) is 6. The molecule has 0 aliphatic carbocycles. The molecule has 2 aromatic heterocycles. The summed E-state index contributed by atoms with van der Waals surface area (Å²) in [6.07, 6.45) is 4.83. The Labute approximate surface area is 105 Å². The van der Waals surface area contributed by atoms with E-state index >= 15 is 0 Å². The highest BCUT2D eigenvalue weighted by atomic mass is 16.3. The maximum absolute atomic E-state index is 8.92. The lowest BCUT2D eigenvalue weighted by Crippen LogP contribution is -2.12. The minimum absolute atomic E-state index is 0.0181. The number of anilines is 1. The minimum atomic E-state index is 0.0181. The molecule has 0 saturated carbocycles. The summed E-state index contributed by atoms with van der Waals surface area (Å²) in [4.78, 5) is 12.6. The molecular formula is C11H16N6O. The average Bonchev–Trinajstić information content (AvgIpc) is 2.78.